The van der Waals surface area contributed by atoms with E-state index in [1.807, 2.05) is 19.2 Å². The van der Waals surface area contributed by atoms with E-state index in [4.69, 9.17) is 21.1 Å². The summed E-state index contributed by atoms with van der Waals surface area (Å²) in [5.41, 5.74) is 1.53. The Morgan fingerprint density at radius 3 is 2.41 bits per heavy atom. The summed E-state index contributed by atoms with van der Waals surface area (Å²) < 4.78 is 11.0. The van der Waals surface area contributed by atoms with Crippen molar-refractivity contribution in [3.05, 3.63) is 34.9 Å². The van der Waals surface area contributed by atoms with Gasteiger partial charge in [-0.1, -0.05) is 36.2 Å². The molecular formula is C22H35ClIN3O2. The second-order valence-corrected chi connectivity index (χ2v) is 8.66. The molecule has 29 heavy (non-hydrogen) atoms. The van der Waals surface area contributed by atoms with Crippen molar-refractivity contribution in [3.63, 3.8) is 0 Å². The first-order chi connectivity index (χ1) is 13.6. The van der Waals surface area contributed by atoms with Crippen molar-refractivity contribution in [2.45, 2.75) is 43.9 Å². The smallest absolute Gasteiger partial charge is 0.191 e. The number of nitrogens with zero attached hydrogens (tertiary/aromatic N) is 1. The lowest BCUT2D eigenvalue weighted by Gasteiger charge is -2.43. The highest BCUT2D eigenvalue weighted by Crippen LogP contribution is 2.43. The van der Waals surface area contributed by atoms with Crippen molar-refractivity contribution in [2.24, 2.45) is 10.4 Å². The maximum Gasteiger partial charge on any atom is 0.191 e. The maximum absolute atomic E-state index is 6.57. The highest BCUT2D eigenvalue weighted by Gasteiger charge is 2.38. The Morgan fingerprint density at radius 1 is 1.14 bits per heavy atom. The van der Waals surface area contributed by atoms with E-state index in [2.05, 4.69) is 27.8 Å². The number of nitrogens with one attached hydrogen (secondary N) is 2. The Labute approximate surface area is 197 Å². The van der Waals surface area contributed by atoms with Crippen LogP contribution < -0.4 is 10.6 Å². The average Bonchev–Trinajstić information content (AvgIpc) is 2.70. The fourth-order valence-electron chi connectivity index (χ4n) is 4.45. The van der Waals surface area contributed by atoms with Crippen molar-refractivity contribution < 1.29 is 9.47 Å². The zero-order valence-electron chi connectivity index (χ0n) is 17.6. The molecule has 2 aliphatic rings. The molecule has 0 bridgehead atoms. The largest absolute Gasteiger partial charge is 0.385 e. The first-order valence-corrected chi connectivity index (χ1v) is 10.8. The molecule has 0 unspecified atom stereocenters. The summed E-state index contributed by atoms with van der Waals surface area (Å²) in [5.74, 6) is 0.863. The summed E-state index contributed by atoms with van der Waals surface area (Å²) >= 11 is 6.57. The lowest BCUT2D eigenvalue weighted by atomic mass is 9.67. The van der Waals surface area contributed by atoms with Crippen molar-refractivity contribution >= 4 is 41.5 Å². The van der Waals surface area contributed by atoms with E-state index >= 15 is 0 Å². The Morgan fingerprint density at radius 2 is 1.83 bits per heavy atom. The van der Waals surface area contributed by atoms with Crippen molar-refractivity contribution in [2.75, 3.05) is 47.1 Å². The number of aliphatic imine (C=N–C) groups is 1. The molecule has 1 aromatic rings. The zero-order valence-corrected chi connectivity index (χ0v) is 20.7. The van der Waals surface area contributed by atoms with Crippen LogP contribution in [-0.2, 0) is 14.9 Å². The summed E-state index contributed by atoms with van der Waals surface area (Å²) in [5, 5.41) is 7.97. The van der Waals surface area contributed by atoms with Gasteiger partial charge in [0.2, 0.25) is 0 Å². The Balaban J connectivity index is 0.00000300. The molecule has 1 aliphatic carbocycles. The van der Waals surface area contributed by atoms with Crippen LogP contribution in [0, 0.1) is 5.41 Å². The minimum atomic E-state index is -0.0293. The molecule has 2 N–H and O–H groups in total. The molecule has 164 valence electrons. The molecule has 7 heteroatoms. The molecule has 0 radical (unpaired) electrons. The van der Waals surface area contributed by atoms with Crippen LogP contribution >= 0.6 is 35.6 Å². The molecule has 0 spiro atoms. The SMILES string of the molecule is CN=C(NCC1(CCOC)CCC1)NCC1(c2ccccc2Cl)CCOCC1.I. The van der Waals surface area contributed by atoms with Crippen LogP contribution in [-0.4, -0.2) is 53.0 Å². The molecule has 1 saturated carbocycles. The summed E-state index contributed by atoms with van der Waals surface area (Å²) in [4.78, 5) is 4.46. The van der Waals surface area contributed by atoms with Gasteiger partial charge in [-0.25, -0.2) is 0 Å². The molecule has 1 heterocycles. The standard InChI is InChI=1S/C22H34ClN3O2.HI/c1-24-20(25-16-21(8-5-9-21)10-13-27-2)26-17-22(11-14-28-15-12-22)18-6-3-4-7-19(18)23;/h3-4,6-7H,5,8-17H2,1-2H3,(H2,24,25,26);1H. The number of ether oxygens (including phenoxy) is 2. The van der Waals surface area contributed by atoms with Crippen molar-refractivity contribution in [1.82, 2.24) is 10.6 Å². The van der Waals surface area contributed by atoms with E-state index in [9.17, 15) is 0 Å². The number of hydrogen-bond acceptors (Lipinski definition) is 3. The second kappa shape index (κ2) is 11.7. The molecule has 3 rings (SSSR count). The van der Waals surface area contributed by atoms with Crippen molar-refractivity contribution in [3.8, 4) is 0 Å². The highest BCUT2D eigenvalue weighted by molar-refractivity contribution is 14.0. The van der Waals surface area contributed by atoms with Gasteiger partial charge in [0.05, 0.1) is 0 Å². The fraction of sp³-hybridized carbons (Fsp3) is 0.682. The number of benzene rings is 1. The number of guanidine groups is 1. The summed E-state index contributed by atoms with van der Waals surface area (Å²) in [6, 6.07) is 8.20. The van der Waals surface area contributed by atoms with E-state index in [1.165, 1.54) is 24.8 Å². The van der Waals surface area contributed by atoms with E-state index in [0.717, 1.165) is 63.2 Å². The third-order valence-corrected chi connectivity index (χ3v) is 6.92. The molecule has 0 aromatic heterocycles. The third kappa shape index (κ3) is 6.21. The summed E-state index contributed by atoms with van der Waals surface area (Å²) in [7, 11) is 3.62. The first kappa shape index (κ1) is 24.7. The van der Waals surface area contributed by atoms with E-state index in [-0.39, 0.29) is 29.4 Å². The van der Waals surface area contributed by atoms with Gasteiger partial charge in [-0.15, -0.1) is 24.0 Å². The van der Waals surface area contributed by atoms with Gasteiger partial charge in [-0.2, -0.15) is 0 Å². The monoisotopic (exact) mass is 535 g/mol. The molecule has 0 atom stereocenters. The van der Waals surface area contributed by atoms with Gasteiger partial charge in [0.15, 0.2) is 5.96 Å². The Kier molecular flexibility index (Phi) is 9.98. The predicted octanol–water partition coefficient (Wildman–Crippen LogP) is 4.38. The van der Waals surface area contributed by atoms with Crippen LogP contribution in [0.4, 0.5) is 0 Å². The van der Waals surface area contributed by atoms with Crippen LogP contribution in [0.3, 0.4) is 0 Å². The maximum atomic E-state index is 6.57. The van der Waals surface area contributed by atoms with E-state index in [0.29, 0.717) is 5.41 Å². The number of halogens is 2. The van der Waals surface area contributed by atoms with E-state index in [1.54, 1.807) is 7.11 Å². The Hall–Kier alpha value is -0.570. The lowest BCUT2D eigenvalue weighted by molar-refractivity contribution is 0.0512. The average molecular weight is 536 g/mol. The van der Waals surface area contributed by atoms with Gasteiger partial charge in [-0.05, 0) is 49.1 Å². The van der Waals surface area contributed by atoms with Gasteiger partial charge in [0, 0.05) is 57.5 Å². The molecule has 0 amide bonds. The lowest BCUT2D eigenvalue weighted by Crippen LogP contribution is -2.51. The predicted molar refractivity (Wildman–Crippen MR) is 131 cm³/mol. The topological polar surface area (TPSA) is 54.9 Å². The highest BCUT2D eigenvalue weighted by atomic mass is 127. The van der Waals surface area contributed by atoms with Crippen LogP contribution in [0.25, 0.3) is 0 Å². The minimum absolute atomic E-state index is 0. The Bertz CT molecular complexity index is 661. The molecule has 1 aliphatic heterocycles. The summed E-state index contributed by atoms with van der Waals surface area (Å²) in [6.07, 6.45) is 6.86. The molecule has 1 saturated heterocycles. The quantitative estimate of drug-likeness (QED) is 0.295. The number of rotatable bonds is 8. The second-order valence-electron chi connectivity index (χ2n) is 8.25. The minimum Gasteiger partial charge on any atom is -0.385 e. The number of methoxy groups -OCH3 is 1. The molecule has 2 fully saturated rings. The van der Waals surface area contributed by atoms with Crippen LogP contribution in [0.5, 0.6) is 0 Å². The van der Waals surface area contributed by atoms with Crippen molar-refractivity contribution in [1.29, 1.82) is 0 Å². The summed E-state index contributed by atoms with van der Waals surface area (Å²) in [6.45, 7) is 4.09. The molecule has 1 aromatic carbocycles. The van der Waals surface area contributed by atoms with Crippen LogP contribution in [0.2, 0.25) is 5.02 Å². The van der Waals surface area contributed by atoms with Crippen LogP contribution in [0.15, 0.2) is 29.3 Å². The van der Waals surface area contributed by atoms with E-state index < -0.39 is 0 Å². The number of hydrogen-bond donors (Lipinski definition) is 2. The first-order valence-electron chi connectivity index (χ1n) is 10.4. The van der Waals surface area contributed by atoms with Gasteiger partial charge in [-0.3, -0.25) is 4.99 Å². The van der Waals surface area contributed by atoms with Gasteiger partial charge in [0.25, 0.3) is 0 Å². The molecular weight excluding hydrogens is 501 g/mol. The zero-order chi connectivity index (χ0) is 19.9. The van der Waals surface area contributed by atoms with Gasteiger partial charge >= 0.3 is 0 Å². The fourth-order valence-corrected chi connectivity index (χ4v) is 4.79. The normalized spacial score (nSPS) is 20.3. The van der Waals surface area contributed by atoms with Crippen LogP contribution in [0.1, 0.15) is 44.1 Å². The van der Waals surface area contributed by atoms with Gasteiger partial charge in [0.1, 0.15) is 0 Å². The third-order valence-electron chi connectivity index (χ3n) is 6.59. The van der Waals surface area contributed by atoms with Gasteiger partial charge < -0.3 is 20.1 Å². The molecule has 5 nitrogen and oxygen atoms in total.